The monoisotopic (exact) mass is 261 g/mol. The highest BCUT2D eigenvalue weighted by atomic mass is 16.2. The summed E-state index contributed by atoms with van der Waals surface area (Å²) in [6, 6.07) is 3.60. The molecule has 0 aromatic heterocycles. The number of likely N-dealkylation sites (N-methyl/N-ethyl adjacent to an activating group) is 1. The Bertz CT molecular complexity index is 629. The number of fused-ring (bicyclic) bond motifs is 2. The lowest BCUT2D eigenvalue weighted by molar-refractivity contribution is -0.129. The third-order valence-corrected chi connectivity index (χ3v) is 3.33. The molecule has 1 fully saturated rings. The Morgan fingerprint density at radius 3 is 2.58 bits per heavy atom. The number of nitrogens with one attached hydrogen (secondary N) is 3. The number of urea groups is 2. The summed E-state index contributed by atoms with van der Waals surface area (Å²) in [5, 5.41) is 7.25. The van der Waals surface area contributed by atoms with Crippen molar-refractivity contribution in [1.29, 1.82) is 0 Å². The lowest BCUT2D eigenvalue weighted by Crippen LogP contribution is -2.62. The van der Waals surface area contributed by atoms with E-state index in [4.69, 9.17) is 5.73 Å². The number of nitrogen functional groups attached to an aromatic ring is 1. The van der Waals surface area contributed by atoms with Crippen molar-refractivity contribution in [3.8, 4) is 0 Å². The van der Waals surface area contributed by atoms with Gasteiger partial charge in [0.05, 0.1) is 5.69 Å². The molecule has 0 radical (unpaired) electrons. The molecule has 1 atom stereocenters. The van der Waals surface area contributed by atoms with Gasteiger partial charge in [0.15, 0.2) is 0 Å². The second-order valence-electron chi connectivity index (χ2n) is 4.41. The number of amides is 5. The molecule has 0 bridgehead atoms. The van der Waals surface area contributed by atoms with E-state index in [-0.39, 0.29) is 0 Å². The molecule has 2 aliphatic heterocycles. The smallest absolute Gasteiger partial charge is 0.324 e. The summed E-state index contributed by atoms with van der Waals surface area (Å²) in [6.07, 6.45) is 0. The Labute approximate surface area is 107 Å². The van der Waals surface area contributed by atoms with Gasteiger partial charge in [-0.1, -0.05) is 0 Å². The van der Waals surface area contributed by atoms with E-state index in [1.165, 1.54) is 7.05 Å². The van der Waals surface area contributed by atoms with Crippen LogP contribution in [0.2, 0.25) is 0 Å². The van der Waals surface area contributed by atoms with E-state index in [0.29, 0.717) is 16.9 Å². The molecule has 2 heterocycles. The summed E-state index contributed by atoms with van der Waals surface area (Å²) < 4.78 is 0. The van der Waals surface area contributed by atoms with Crippen LogP contribution < -0.4 is 21.7 Å². The van der Waals surface area contributed by atoms with Crippen LogP contribution in [-0.4, -0.2) is 29.9 Å². The molecule has 0 aliphatic carbocycles. The van der Waals surface area contributed by atoms with Crippen molar-refractivity contribution in [3.63, 3.8) is 0 Å². The van der Waals surface area contributed by atoms with E-state index in [1.54, 1.807) is 18.2 Å². The third kappa shape index (κ3) is 1.30. The molecule has 1 unspecified atom stereocenters. The molecule has 19 heavy (non-hydrogen) atoms. The molecule has 5 amide bonds. The fraction of sp³-hybridized carbons (Fsp3) is 0.182. The minimum atomic E-state index is -1.55. The molecule has 2 aliphatic rings. The van der Waals surface area contributed by atoms with Gasteiger partial charge in [-0.15, -0.1) is 0 Å². The molecule has 98 valence electrons. The van der Waals surface area contributed by atoms with Crippen LogP contribution in [0.5, 0.6) is 0 Å². The number of anilines is 2. The lowest BCUT2D eigenvalue weighted by atomic mass is 9.93. The van der Waals surface area contributed by atoms with Crippen LogP contribution in [0.3, 0.4) is 0 Å². The van der Waals surface area contributed by atoms with Crippen LogP contribution in [0.25, 0.3) is 0 Å². The normalized spacial score (nSPS) is 24.9. The molecule has 8 nitrogen and oxygen atoms in total. The highest BCUT2D eigenvalue weighted by molar-refractivity contribution is 6.12. The molecular weight excluding hydrogens is 250 g/mol. The average molecular weight is 261 g/mol. The van der Waals surface area contributed by atoms with Crippen LogP contribution >= 0.6 is 0 Å². The zero-order valence-corrected chi connectivity index (χ0v) is 9.98. The minimum Gasteiger partial charge on any atom is -0.399 e. The molecule has 3 rings (SSSR count). The lowest BCUT2D eigenvalue weighted by Gasteiger charge is -2.40. The van der Waals surface area contributed by atoms with Gasteiger partial charge in [0.1, 0.15) is 0 Å². The number of rotatable bonds is 0. The maximum Gasteiger partial charge on any atom is 0.324 e. The van der Waals surface area contributed by atoms with Crippen LogP contribution in [0.4, 0.5) is 21.0 Å². The number of carbonyl (C=O) groups is 3. The molecule has 1 saturated heterocycles. The van der Waals surface area contributed by atoms with Crippen molar-refractivity contribution in [2.45, 2.75) is 5.66 Å². The van der Waals surface area contributed by atoms with E-state index in [2.05, 4.69) is 16.0 Å². The zero-order chi connectivity index (χ0) is 13.8. The van der Waals surface area contributed by atoms with Crippen LogP contribution in [0, 0.1) is 0 Å². The summed E-state index contributed by atoms with van der Waals surface area (Å²) in [5.74, 6) is -0.610. The van der Waals surface area contributed by atoms with Gasteiger partial charge in [-0.2, -0.15) is 0 Å². The van der Waals surface area contributed by atoms with Crippen molar-refractivity contribution in [2.75, 3.05) is 18.1 Å². The zero-order valence-electron chi connectivity index (χ0n) is 9.98. The summed E-state index contributed by atoms with van der Waals surface area (Å²) in [4.78, 5) is 36.6. The topological polar surface area (TPSA) is 117 Å². The van der Waals surface area contributed by atoms with Crippen molar-refractivity contribution < 1.29 is 14.4 Å². The SMILES string of the molecule is CN1C(=O)Nc2ccc(N)cc2C12NC(=O)NC2=O. The number of hydrogen-bond acceptors (Lipinski definition) is 4. The summed E-state index contributed by atoms with van der Waals surface area (Å²) in [7, 11) is 1.42. The first-order chi connectivity index (χ1) is 8.95. The van der Waals surface area contributed by atoms with Gasteiger partial charge in [0.25, 0.3) is 5.91 Å². The van der Waals surface area contributed by atoms with Crippen molar-refractivity contribution >= 4 is 29.3 Å². The second kappa shape index (κ2) is 3.37. The van der Waals surface area contributed by atoms with Gasteiger partial charge < -0.3 is 16.4 Å². The van der Waals surface area contributed by atoms with Gasteiger partial charge in [0.2, 0.25) is 5.66 Å². The maximum absolute atomic E-state index is 12.1. The first kappa shape index (κ1) is 11.3. The van der Waals surface area contributed by atoms with E-state index in [0.717, 1.165) is 4.90 Å². The molecule has 8 heteroatoms. The predicted octanol–water partition coefficient (Wildman–Crippen LogP) is -0.262. The highest BCUT2D eigenvalue weighted by Crippen LogP contribution is 2.38. The van der Waals surface area contributed by atoms with E-state index in [1.807, 2.05) is 0 Å². The summed E-state index contributed by atoms with van der Waals surface area (Å²) in [5.41, 5.74) is 5.46. The average Bonchev–Trinajstić information content (AvgIpc) is 2.64. The summed E-state index contributed by atoms with van der Waals surface area (Å²) >= 11 is 0. The third-order valence-electron chi connectivity index (χ3n) is 3.33. The van der Waals surface area contributed by atoms with E-state index >= 15 is 0 Å². The fourth-order valence-corrected chi connectivity index (χ4v) is 2.37. The van der Waals surface area contributed by atoms with Crippen molar-refractivity contribution in [2.24, 2.45) is 0 Å². The molecule has 1 aromatic rings. The summed E-state index contributed by atoms with van der Waals surface area (Å²) in [6.45, 7) is 0. The van der Waals surface area contributed by atoms with Crippen LogP contribution in [-0.2, 0) is 10.5 Å². The van der Waals surface area contributed by atoms with Crippen LogP contribution in [0.15, 0.2) is 18.2 Å². The minimum absolute atomic E-state index is 0.427. The Balaban J connectivity index is 2.29. The Hall–Kier alpha value is -2.77. The highest BCUT2D eigenvalue weighted by Gasteiger charge is 2.56. The quantitative estimate of drug-likeness (QED) is 0.380. The number of nitrogens with zero attached hydrogens (tertiary/aromatic N) is 1. The van der Waals surface area contributed by atoms with Gasteiger partial charge in [-0.05, 0) is 18.2 Å². The van der Waals surface area contributed by atoms with Crippen molar-refractivity contribution in [3.05, 3.63) is 23.8 Å². The Morgan fingerprint density at radius 2 is 1.95 bits per heavy atom. The maximum atomic E-state index is 12.1. The van der Waals surface area contributed by atoms with Gasteiger partial charge in [0, 0.05) is 18.3 Å². The number of imide groups is 1. The van der Waals surface area contributed by atoms with Crippen molar-refractivity contribution in [1.82, 2.24) is 15.5 Å². The molecule has 0 saturated carbocycles. The first-order valence-corrected chi connectivity index (χ1v) is 5.53. The number of carbonyl (C=O) groups excluding carboxylic acids is 3. The first-order valence-electron chi connectivity index (χ1n) is 5.53. The molecule has 5 N–H and O–H groups in total. The standard InChI is InChI=1S/C11H11N5O3/c1-16-10(19)13-7-3-2-5(12)4-6(7)11(16)8(17)14-9(18)15-11/h2-4H,12H2,1H3,(H,13,19)(H2,14,15,17,18). The number of nitrogens with two attached hydrogens (primary N) is 1. The number of hydrogen-bond donors (Lipinski definition) is 4. The Kier molecular flexibility index (Phi) is 2.01. The van der Waals surface area contributed by atoms with E-state index < -0.39 is 23.6 Å². The number of benzene rings is 1. The predicted molar refractivity (Wildman–Crippen MR) is 66.0 cm³/mol. The molecule has 1 spiro atoms. The van der Waals surface area contributed by atoms with Gasteiger partial charge in [-0.25, -0.2) is 9.59 Å². The Morgan fingerprint density at radius 1 is 1.21 bits per heavy atom. The second-order valence-corrected chi connectivity index (χ2v) is 4.41. The molecular formula is C11H11N5O3. The fourth-order valence-electron chi connectivity index (χ4n) is 2.37. The largest absolute Gasteiger partial charge is 0.399 e. The molecule has 1 aromatic carbocycles. The van der Waals surface area contributed by atoms with Gasteiger partial charge in [-0.3, -0.25) is 15.0 Å². The van der Waals surface area contributed by atoms with Crippen LogP contribution in [0.1, 0.15) is 5.56 Å². The van der Waals surface area contributed by atoms with Gasteiger partial charge >= 0.3 is 12.1 Å². The van der Waals surface area contributed by atoms with E-state index in [9.17, 15) is 14.4 Å².